The normalized spacial score (nSPS) is 19.7. The van der Waals surface area contributed by atoms with E-state index in [2.05, 4.69) is 48.8 Å². The molecule has 5 unspecified atom stereocenters. The molecule has 4 heterocycles. The number of hydroxylamine groups is 2. The molecule has 21 nitrogen and oxygen atoms in total. The zero-order valence-corrected chi connectivity index (χ0v) is 61.2. The molecule has 3 aliphatic carbocycles. The lowest BCUT2D eigenvalue weighted by Crippen LogP contribution is -2.45. The summed E-state index contributed by atoms with van der Waals surface area (Å²) in [6, 6.07) is 44.1. The Labute approximate surface area is 620 Å². The molecule has 28 heteroatoms. The number of likely N-dealkylation sites (tertiary alicyclic amines) is 3. The van der Waals surface area contributed by atoms with Crippen LogP contribution >= 0.6 is 8.02 Å². The molecule has 0 aromatic heterocycles. The minimum Gasteiger partial charge on any atom is -0.480 e. The van der Waals surface area contributed by atoms with Crippen molar-refractivity contribution in [1.29, 1.82) is 0 Å². The highest BCUT2D eigenvalue weighted by Gasteiger charge is 2.48. The van der Waals surface area contributed by atoms with Crippen LogP contribution in [0.2, 0.25) is 0 Å². The molecule has 0 radical (unpaired) electrons. The van der Waals surface area contributed by atoms with Crippen molar-refractivity contribution in [2.45, 2.75) is 139 Å². The molecule has 107 heavy (non-hydrogen) atoms. The predicted molar refractivity (Wildman–Crippen MR) is 383 cm³/mol. The van der Waals surface area contributed by atoms with Crippen LogP contribution in [0.5, 0.6) is 5.75 Å². The van der Waals surface area contributed by atoms with Gasteiger partial charge in [0.25, 0.3) is 11.8 Å². The smallest absolute Gasteiger partial charge is 0.410 e. The van der Waals surface area contributed by atoms with E-state index >= 15 is 0 Å². The number of benzene rings is 7. The summed E-state index contributed by atoms with van der Waals surface area (Å²) in [6.07, 6.45) is -3.38. The van der Waals surface area contributed by atoms with Crippen molar-refractivity contribution in [3.05, 3.63) is 208 Å². The molecule has 6 atom stereocenters. The molecular formula is C79H78F5N4O17PS. The summed E-state index contributed by atoms with van der Waals surface area (Å²) in [6.45, 7) is 11.3. The molecule has 0 saturated carbocycles. The van der Waals surface area contributed by atoms with Gasteiger partial charge in [-0.25, -0.2) is 41.9 Å². The van der Waals surface area contributed by atoms with Crippen LogP contribution in [0, 0.1) is 29.1 Å². The largest absolute Gasteiger partial charge is 0.480 e. The highest BCUT2D eigenvalue weighted by atomic mass is 32.4. The molecule has 5 amide bonds. The fourth-order valence-electron chi connectivity index (χ4n) is 14.7. The number of carbonyl (C=O) groups is 8. The maximum absolute atomic E-state index is 14.2. The van der Waals surface area contributed by atoms with Gasteiger partial charge in [0.15, 0.2) is 0 Å². The molecule has 14 rings (SSSR count). The number of hydrogen-bond acceptors (Lipinski definition) is 17. The van der Waals surface area contributed by atoms with Crippen LogP contribution < -0.4 is 4.74 Å². The summed E-state index contributed by atoms with van der Waals surface area (Å²) in [5.74, 6) is -18.2. The number of nitrogens with zero attached hydrogens (tertiary/aromatic N) is 4. The third-order valence-electron chi connectivity index (χ3n) is 19.3. The topological polar surface area (TPSA) is 244 Å². The van der Waals surface area contributed by atoms with Gasteiger partial charge in [0, 0.05) is 57.0 Å². The van der Waals surface area contributed by atoms with Gasteiger partial charge in [-0.3, -0.25) is 24.3 Å². The Hall–Kier alpha value is -10.1. The number of halogens is 5. The van der Waals surface area contributed by atoms with Gasteiger partial charge in [-0.15, -0.1) is 5.06 Å². The van der Waals surface area contributed by atoms with Gasteiger partial charge < -0.3 is 43.1 Å². The van der Waals surface area contributed by atoms with Crippen molar-refractivity contribution in [3.63, 3.8) is 0 Å². The van der Waals surface area contributed by atoms with Gasteiger partial charge >= 0.3 is 36.2 Å². The van der Waals surface area contributed by atoms with E-state index in [0.717, 1.165) is 71.7 Å². The van der Waals surface area contributed by atoms with Crippen molar-refractivity contribution < 1.29 is 103 Å². The number of aliphatic carboxylic acids is 1. The van der Waals surface area contributed by atoms with E-state index in [-0.39, 0.29) is 95.4 Å². The van der Waals surface area contributed by atoms with Crippen LogP contribution in [0.15, 0.2) is 146 Å². The zero-order chi connectivity index (χ0) is 76.9. The van der Waals surface area contributed by atoms with Crippen molar-refractivity contribution in [3.8, 4) is 39.1 Å². The first-order valence-electron chi connectivity index (χ1n) is 34.6. The quantitative estimate of drug-likeness (QED) is 0.0155. The third kappa shape index (κ3) is 16.9. The molecule has 7 aromatic rings. The lowest BCUT2D eigenvalue weighted by atomic mass is 9.98. The van der Waals surface area contributed by atoms with Crippen molar-refractivity contribution in [2.75, 3.05) is 46.6 Å². The monoisotopic (exact) mass is 1510 g/mol. The fraction of sp³-hybridized carbons (Fsp3) is 0.367. The molecule has 4 saturated heterocycles. The maximum Gasteiger partial charge on any atom is 0.410 e. The SMILES string of the molecule is CC(C)(C)OC1CC(C(=O)ON2C(=O)CCC2=O)N(C(=O)OCC2c3ccccc3-c3ccccc32)C1.CC(C)(C)OC1CC(C(=O)Oc2c(F)c(F)c(F)c(F)c2F)N(C(=O)OCC2c3ccccc3-c3ccccc32)C1.COC1C[C@@H](C(=O)O)N(C(=O)OCC2c3ccccc3-c3ccccc32)C1.P=S. The average molecular weight is 1510 g/mol. The van der Waals surface area contributed by atoms with Crippen molar-refractivity contribution in [2.24, 2.45) is 0 Å². The third-order valence-corrected chi connectivity index (χ3v) is 19.3. The summed E-state index contributed by atoms with van der Waals surface area (Å²) in [4.78, 5) is 109. The van der Waals surface area contributed by atoms with Gasteiger partial charge in [-0.05, 0) is 116 Å². The second kappa shape index (κ2) is 33.0. The van der Waals surface area contributed by atoms with Crippen LogP contribution in [-0.2, 0) is 69.0 Å². The van der Waals surface area contributed by atoms with E-state index in [1.165, 1.54) is 16.9 Å². The first-order valence-corrected chi connectivity index (χ1v) is 36.2. The Morgan fingerprint density at radius 3 is 1.03 bits per heavy atom. The second-order valence-electron chi connectivity index (χ2n) is 28.3. The molecule has 562 valence electrons. The standard InChI is InChI=1S/C30H26F5NO5.C28H30N2O7.C21H21NO5.HPS/c1-30(2,3)41-15-12-21(28(37)40-27-25(34)23(32)22(31)24(33)26(27)35)36(13-15)29(38)39-14-20-18-10-6-4-8-16(18)17-9-5-7-11-19(17)20;1-28(2,3)36-17-14-23(26(33)37-30-24(31)12-13-25(30)32)29(15-17)27(34)35-16-22-20-10-6-4-8-18(20)19-9-5-7-11-21(19)22;1-26-13-10-19(20(23)24)22(11-13)21(25)27-12-18-16-8-4-2-6-14(16)15-7-3-5-9-17(15)18;1-2/h4-11,15,20-21H,12-14H2,1-3H3;4-11,17,22-23H,12-16H2,1-3H3;2-9,13,18-19H,10-12H2,1H3,(H,23,24);1H/t;;13?,19-;/m..0./s1. The summed E-state index contributed by atoms with van der Waals surface area (Å²) in [5, 5.41) is 9.88. The van der Waals surface area contributed by atoms with Crippen molar-refractivity contribution in [1.82, 2.24) is 19.8 Å². The van der Waals surface area contributed by atoms with Crippen LogP contribution in [0.25, 0.3) is 33.4 Å². The number of carboxylic acids is 1. The van der Waals surface area contributed by atoms with E-state index in [1.54, 1.807) is 20.8 Å². The maximum atomic E-state index is 14.2. The number of carboxylic acid groups (broad SMARTS) is 1. The van der Waals surface area contributed by atoms with Crippen molar-refractivity contribution >= 4 is 67.8 Å². The summed E-state index contributed by atoms with van der Waals surface area (Å²) < 4.78 is 108. The number of amides is 5. The molecule has 4 fully saturated rings. The minimum atomic E-state index is -2.39. The molecule has 7 aromatic carbocycles. The summed E-state index contributed by atoms with van der Waals surface area (Å²) >= 11 is 3.89. The first kappa shape index (κ1) is 78.0. The van der Waals surface area contributed by atoms with E-state index in [4.69, 9.17) is 33.3 Å². The van der Waals surface area contributed by atoms with Crippen LogP contribution in [0.1, 0.15) is 125 Å². The molecule has 0 spiro atoms. The van der Waals surface area contributed by atoms with Gasteiger partial charge in [-0.1, -0.05) is 157 Å². The molecule has 0 bridgehead atoms. The van der Waals surface area contributed by atoms with Gasteiger partial charge in [-0.2, -0.15) is 8.78 Å². The lowest BCUT2D eigenvalue weighted by molar-refractivity contribution is -0.200. The number of imide groups is 1. The lowest BCUT2D eigenvalue weighted by Gasteiger charge is -2.25. The number of carbonyl (C=O) groups excluding carboxylic acids is 7. The van der Waals surface area contributed by atoms with Gasteiger partial charge in [0.2, 0.25) is 34.8 Å². The number of methoxy groups -OCH3 is 1. The summed E-state index contributed by atoms with van der Waals surface area (Å²) in [7, 11) is 4.07. The Morgan fingerprint density at radius 2 is 0.720 bits per heavy atom. The van der Waals surface area contributed by atoms with Gasteiger partial charge in [0.1, 0.15) is 37.9 Å². The molecular weight excluding hydrogens is 1430 g/mol. The Morgan fingerprint density at radius 1 is 0.439 bits per heavy atom. The Balaban J connectivity index is 0.000000161. The molecule has 1 N–H and O–H groups in total. The number of esters is 1. The average Bonchev–Trinajstić information content (AvgIpc) is 1.62. The van der Waals surface area contributed by atoms with Crippen LogP contribution in [-0.4, -0.2) is 167 Å². The molecule has 4 aliphatic heterocycles. The Kier molecular flexibility index (Phi) is 24.1. The number of ether oxygens (including phenoxy) is 7. The second-order valence-corrected chi connectivity index (χ2v) is 28.3. The number of rotatable bonds is 14. The van der Waals surface area contributed by atoms with E-state index in [0.29, 0.717) is 5.06 Å². The van der Waals surface area contributed by atoms with E-state index in [1.807, 2.05) is 142 Å². The number of fused-ring (bicyclic) bond motifs is 9. The first-order chi connectivity index (χ1) is 51.1. The molecule has 7 aliphatic rings. The zero-order valence-electron chi connectivity index (χ0n) is 59.4. The van der Waals surface area contributed by atoms with E-state index in [9.17, 15) is 65.4 Å². The minimum absolute atomic E-state index is 0.0113. The van der Waals surface area contributed by atoms with Gasteiger partial charge in [0.05, 0.1) is 49.1 Å². The highest BCUT2D eigenvalue weighted by Crippen LogP contribution is 2.48. The highest BCUT2D eigenvalue weighted by molar-refractivity contribution is 7.88. The van der Waals surface area contributed by atoms with Crippen LogP contribution in [0.4, 0.5) is 36.3 Å². The van der Waals surface area contributed by atoms with Crippen LogP contribution in [0.3, 0.4) is 0 Å². The summed E-state index contributed by atoms with van der Waals surface area (Å²) in [5.41, 5.74) is 11.7. The predicted octanol–water partition coefficient (Wildman–Crippen LogP) is 14.0. The Bertz CT molecular complexity index is 4400. The number of hydrogen-bond donors (Lipinski definition) is 1. The van der Waals surface area contributed by atoms with E-state index < -0.39 is 124 Å². The fourth-order valence-corrected chi connectivity index (χ4v) is 14.7.